The molecule has 1 aromatic heterocycles. The van der Waals surface area contributed by atoms with E-state index in [1.807, 2.05) is 12.1 Å². The molecular formula is C14H13BrF2N2. The Bertz CT molecular complexity index is 538. The lowest BCUT2D eigenvalue weighted by Crippen LogP contribution is -2.27. The molecule has 19 heavy (non-hydrogen) atoms. The van der Waals surface area contributed by atoms with Crippen molar-refractivity contribution in [3.8, 4) is 0 Å². The highest BCUT2D eigenvalue weighted by atomic mass is 79.9. The standard InChI is InChI=1S/C14H13BrF2N2/c15-9-4-5-11(19-8-9)6-10(18)7-12-13(16)2-1-3-14(12)17/h1-5,8,10H,6-7,18H2. The van der Waals surface area contributed by atoms with Crippen LogP contribution in [0, 0.1) is 11.6 Å². The van der Waals surface area contributed by atoms with Gasteiger partial charge in [0.2, 0.25) is 0 Å². The zero-order chi connectivity index (χ0) is 13.8. The van der Waals surface area contributed by atoms with Gasteiger partial charge in [0.25, 0.3) is 0 Å². The van der Waals surface area contributed by atoms with Crippen LogP contribution >= 0.6 is 15.9 Å². The van der Waals surface area contributed by atoms with Gasteiger partial charge in [-0.25, -0.2) is 8.78 Å². The van der Waals surface area contributed by atoms with E-state index in [1.54, 1.807) is 6.20 Å². The zero-order valence-corrected chi connectivity index (χ0v) is 11.7. The quantitative estimate of drug-likeness (QED) is 0.936. The van der Waals surface area contributed by atoms with Gasteiger partial charge in [-0.3, -0.25) is 4.98 Å². The number of aromatic nitrogens is 1. The highest BCUT2D eigenvalue weighted by molar-refractivity contribution is 9.10. The van der Waals surface area contributed by atoms with E-state index >= 15 is 0 Å². The highest BCUT2D eigenvalue weighted by Gasteiger charge is 2.13. The Balaban J connectivity index is 2.05. The molecule has 0 aliphatic rings. The second kappa shape index (κ2) is 6.21. The zero-order valence-electron chi connectivity index (χ0n) is 10.1. The van der Waals surface area contributed by atoms with Crippen LogP contribution in [-0.2, 0) is 12.8 Å². The Hall–Kier alpha value is -1.33. The fourth-order valence-electron chi connectivity index (χ4n) is 1.86. The molecule has 0 saturated carbocycles. The molecule has 2 aromatic rings. The molecule has 0 amide bonds. The molecule has 5 heteroatoms. The van der Waals surface area contributed by atoms with Crippen LogP contribution in [0.5, 0.6) is 0 Å². The Morgan fingerprint density at radius 2 is 1.79 bits per heavy atom. The minimum absolute atomic E-state index is 0.0344. The number of halogens is 3. The third-order valence-electron chi connectivity index (χ3n) is 2.79. The SMILES string of the molecule is NC(Cc1ccc(Br)cn1)Cc1c(F)cccc1F. The summed E-state index contributed by atoms with van der Waals surface area (Å²) >= 11 is 3.29. The Morgan fingerprint density at radius 3 is 2.37 bits per heavy atom. The van der Waals surface area contributed by atoms with E-state index in [0.29, 0.717) is 6.42 Å². The van der Waals surface area contributed by atoms with Crippen LogP contribution in [0.2, 0.25) is 0 Å². The lowest BCUT2D eigenvalue weighted by atomic mass is 10.0. The van der Waals surface area contributed by atoms with Crippen LogP contribution in [0.3, 0.4) is 0 Å². The number of rotatable bonds is 4. The molecule has 0 saturated heterocycles. The van der Waals surface area contributed by atoms with Crippen molar-refractivity contribution in [1.29, 1.82) is 0 Å². The van der Waals surface area contributed by atoms with Gasteiger partial charge in [0.1, 0.15) is 11.6 Å². The van der Waals surface area contributed by atoms with E-state index in [2.05, 4.69) is 20.9 Å². The number of benzene rings is 1. The van der Waals surface area contributed by atoms with Crippen LogP contribution in [0.25, 0.3) is 0 Å². The van der Waals surface area contributed by atoms with Crippen LogP contribution in [-0.4, -0.2) is 11.0 Å². The predicted octanol–water partition coefficient (Wildman–Crippen LogP) is 3.23. The molecule has 100 valence electrons. The van der Waals surface area contributed by atoms with Crippen molar-refractivity contribution in [2.45, 2.75) is 18.9 Å². The van der Waals surface area contributed by atoms with Crippen molar-refractivity contribution < 1.29 is 8.78 Å². The molecule has 1 heterocycles. The fourth-order valence-corrected chi connectivity index (χ4v) is 2.09. The summed E-state index contributed by atoms with van der Waals surface area (Å²) in [5.41, 5.74) is 6.76. The van der Waals surface area contributed by atoms with Crippen LogP contribution in [0.15, 0.2) is 41.0 Å². The number of pyridine rings is 1. The predicted molar refractivity (Wildman–Crippen MR) is 73.7 cm³/mol. The summed E-state index contributed by atoms with van der Waals surface area (Å²) in [5, 5.41) is 0. The van der Waals surface area contributed by atoms with Crippen molar-refractivity contribution in [2.75, 3.05) is 0 Å². The summed E-state index contributed by atoms with van der Waals surface area (Å²) in [6.45, 7) is 0. The van der Waals surface area contributed by atoms with Gasteiger partial charge in [-0.05, 0) is 46.6 Å². The van der Waals surface area contributed by atoms with Gasteiger partial charge in [0, 0.05) is 34.4 Å². The van der Waals surface area contributed by atoms with Crippen molar-refractivity contribution in [3.63, 3.8) is 0 Å². The smallest absolute Gasteiger partial charge is 0.129 e. The molecule has 2 N–H and O–H groups in total. The van der Waals surface area contributed by atoms with E-state index in [-0.39, 0.29) is 18.0 Å². The summed E-state index contributed by atoms with van der Waals surface area (Å²) in [6.07, 6.45) is 2.29. The molecule has 0 radical (unpaired) electrons. The molecule has 2 rings (SSSR count). The lowest BCUT2D eigenvalue weighted by molar-refractivity contribution is 0.532. The van der Waals surface area contributed by atoms with Crippen molar-refractivity contribution in [2.24, 2.45) is 5.73 Å². The first kappa shape index (κ1) is 14.1. The van der Waals surface area contributed by atoms with Crippen molar-refractivity contribution >= 4 is 15.9 Å². The Morgan fingerprint density at radius 1 is 1.11 bits per heavy atom. The fraction of sp³-hybridized carbons (Fsp3) is 0.214. The Kier molecular flexibility index (Phi) is 4.61. The normalized spacial score (nSPS) is 12.4. The molecule has 0 bridgehead atoms. The van der Waals surface area contributed by atoms with Gasteiger partial charge in [-0.1, -0.05) is 6.07 Å². The number of hydrogen-bond acceptors (Lipinski definition) is 2. The number of nitrogens with two attached hydrogens (primary N) is 1. The average molecular weight is 327 g/mol. The third-order valence-corrected chi connectivity index (χ3v) is 3.26. The van der Waals surface area contributed by atoms with Crippen LogP contribution < -0.4 is 5.73 Å². The molecule has 0 aliphatic carbocycles. The summed E-state index contributed by atoms with van der Waals surface area (Å²) in [4.78, 5) is 4.19. The van der Waals surface area contributed by atoms with Gasteiger partial charge >= 0.3 is 0 Å². The first-order valence-electron chi connectivity index (χ1n) is 5.85. The molecule has 2 nitrogen and oxygen atoms in total. The van der Waals surface area contributed by atoms with Gasteiger partial charge < -0.3 is 5.73 Å². The van der Waals surface area contributed by atoms with E-state index < -0.39 is 11.6 Å². The van der Waals surface area contributed by atoms with Crippen molar-refractivity contribution in [1.82, 2.24) is 4.98 Å². The molecule has 1 atom stereocenters. The van der Waals surface area contributed by atoms with Gasteiger partial charge in [-0.15, -0.1) is 0 Å². The molecule has 1 aromatic carbocycles. The topological polar surface area (TPSA) is 38.9 Å². The molecule has 0 aliphatic heterocycles. The maximum atomic E-state index is 13.5. The van der Waals surface area contributed by atoms with Gasteiger partial charge in [0.05, 0.1) is 0 Å². The molecule has 0 spiro atoms. The Labute approximate surface area is 118 Å². The van der Waals surface area contributed by atoms with Crippen LogP contribution in [0.1, 0.15) is 11.3 Å². The molecule has 0 fully saturated rings. The summed E-state index contributed by atoms with van der Waals surface area (Å²) in [5.74, 6) is -1.11. The van der Waals surface area contributed by atoms with E-state index in [1.165, 1.54) is 18.2 Å². The number of nitrogens with zero attached hydrogens (tertiary/aromatic N) is 1. The molecule has 1 unspecified atom stereocenters. The third kappa shape index (κ3) is 3.81. The minimum atomic E-state index is -0.556. The van der Waals surface area contributed by atoms with Crippen LogP contribution in [0.4, 0.5) is 8.78 Å². The first-order chi connectivity index (χ1) is 9.06. The largest absolute Gasteiger partial charge is 0.327 e. The highest BCUT2D eigenvalue weighted by Crippen LogP contribution is 2.15. The minimum Gasteiger partial charge on any atom is -0.327 e. The summed E-state index contributed by atoms with van der Waals surface area (Å²) in [7, 11) is 0. The monoisotopic (exact) mass is 326 g/mol. The van der Waals surface area contributed by atoms with E-state index in [0.717, 1.165) is 10.2 Å². The first-order valence-corrected chi connectivity index (χ1v) is 6.64. The second-order valence-corrected chi connectivity index (χ2v) is 5.25. The van der Waals surface area contributed by atoms with E-state index in [9.17, 15) is 8.78 Å². The second-order valence-electron chi connectivity index (χ2n) is 4.34. The maximum Gasteiger partial charge on any atom is 0.129 e. The maximum absolute atomic E-state index is 13.5. The number of hydrogen-bond donors (Lipinski definition) is 1. The summed E-state index contributed by atoms with van der Waals surface area (Å²) in [6, 6.07) is 7.14. The summed E-state index contributed by atoms with van der Waals surface area (Å²) < 4.78 is 27.8. The van der Waals surface area contributed by atoms with E-state index in [4.69, 9.17) is 5.73 Å². The van der Waals surface area contributed by atoms with Gasteiger partial charge in [-0.2, -0.15) is 0 Å². The lowest BCUT2D eigenvalue weighted by Gasteiger charge is -2.12. The van der Waals surface area contributed by atoms with Crippen molar-refractivity contribution in [3.05, 3.63) is 63.9 Å². The average Bonchev–Trinajstić information content (AvgIpc) is 2.37. The molecular weight excluding hydrogens is 314 g/mol. The van der Waals surface area contributed by atoms with Gasteiger partial charge in [0.15, 0.2) is 0 Å².